The van der Waals surface area contributed by atoms with Crippen molar-refractivity contribution in [2.45, 2.75) is 6.42 Å². The van der Waals surface area contributed by atoms with Crippen molar-refractivity contribution >= 4 is 39.0 Å². The van der Waals surface area contributed by atoms with Gasteiger partial charge in [0.05, 0.1) is 17.8 Å². The van der Waals surface area contributed by atoms with Crippen LogP contribution in [0.1, 0.15) is 6.42 Å². The number of rotatable bonds is 2. The Bertz CT molecular complexity index is 653. The second kappa shape index (κ2) is 5.46. The molecule has 2 aromatic carbocycles. The fraction of sp³-hybridized carbons (Fsp3) is 0.0667. The van der Waals surface area contributed by atoms with Crippen LogP contribution in [0, 0.1) is 0 Å². The molecule has 5 heteroatoms. The van der Waals surface area contributed by atoms with Crippen LogP contribution in [0.4, 0.5) is 11.4 Å². The van der Waals surface area contributed by atoms with Crippen molar-refractivity contribution < 1.29 is 4.79 Å². The molecule has 3 rings (SSSR count). The zero-order chi connectivity index (χ0) is 13.9. The van der Waals surface area contributed by atoms with E-state index in [0.29, 0.717) is 5.84 Å². The van der Waals surface area contributed by atoms with Crippen molar-refractivity contribution in [1.29, 1.82) is 0 Å². The van der Waals surface area contributed by atoms with E-state index in [4.69, 9.17) is 0 Å². The summed E-state index contributed by atoms with van der Waals surface area (Å²) in [5.74, 6) is 0.647. The number of hydrogen-bond acceptors (Lipinski definition) is 2. The zero-order valence-electron chi connectivity index (χ0n) is 10.6. The van der Waals surface area contributed by atoms with E-state index in [0.717, 1.165) is 15.8 Å². The molecular formula is C15H12BrN3O. The highest BCUT2D eigenvalue weighted by Crippen LogP contribution is 2.20. The standard InChI is InChI=1S/C15H12BrN3O/c16-11-6-8-12(9-7-11)17-14-10-15(20)19(18-14)13-4-2-1-3-5-13/h1-9H,10H2,(H,17,18). The minimum atomic E-state index is -0.00735. The third-order valence-electron chi connectivity index (χ3n) is 2.91. The number of nitrogens with one attached hydrogen (secondary N) is 1. The number of carbonyl (C=O) groups excluding carboxylic acids is 1. The molecule has 0 atom stereocenters. The lowest BCUT2D eigenvalue weighted by atomic mass is 10.3. The normalized spacial score (nSPS) is 16.6. The first kappa shape index (κ1) is 12.9. The van der Waals surface area contributed by atoms with Crippen molar-refractivity contribution in [1.82, 2.24) is 5.43 Å². The molecule has 0 bridgehead atoms. The maximum atomic E-state index is 12.0. The van der Waals surface area contributed by atoms with Gasteiger partial charge in [-0.05, 0) is 36.4 Å². The molecule has 100 valence electrons. The predicted molar refractivity (Wildman–Crippen MR) is 82.9 cm³/mol. The van der Waals surface area contributed by atoms with Gasteiger partial charge in [-0.1, -0.05) is 34.1 Å². The molecule has 0 aliphatic carbocycles. The van der Waals surface area contributed by atoms with Crippen LogP contribution in [0.15, 0.2) is 64.1 Å². The van der Waals surface area contributed by atoms with Gasteiger partial charge in [0.1, 0.15) is 5.84 Å². The van der Waals surface area contributed by atoms with Gasteiger partial charge in [0, 0.05) is 4.47 Å². The van der Waals surface area contributed by atoms with Gasteiger partial charge in [0.15, 0.2) is 0 Å². The summed E-state index contributed by atoms with van der Waals surface area (Å²) in [5.41, 5.74) is 4.68. The Morgan fingerprint density at radius 3 is 2.45 bits per heavy atom. The molecule has 0 radical (unpaired) electrons. The summed E-state index contributed by atoms with van der Waals surface area (Å²) < 4.78 is 1.00. The van der Waals surface area contributed by atoms with Crippen molar-refractivity contribution in [2.75, 3.05) is 5.01 Å². The number of benzene rings is 2. The number of para-hydroxylation sites is 1. The first-order chi connectivity index (χ1) is 9.72. The second-order valence-electron chi connectivity index (χ2n) is 4.39. The van der Waals surface area contributed by atoms with Crippen LogP contribution in [-0.4, -0.2) is 11.7 Å². The Balaban J connectivity index is 1.81. The monoisotopic (exact) mass is 329 g/mol. The van der Waals surface area contributed by atoms with Gasteiger partial charge in [-0.15, -0.1) is 0 Å². The minimum absolute atomic E-state index is 0.00735. The molecule has 4 nitrogen and oxygen atoms in total. The smallest absolute Gasteiger partial charge is 0.253 e. The topological polar surface area (TPSA) is 44.7 Å². The number of nitrogens with zero attached hydrogens (tertiary/aromatic N) is 2. The lowest BCUT2D eigenvalue weighted by Gasteiger charge is -2.15. The third kappa shape index (κ3) is 2.72. The van der Waals surface area contributed by atoms with Crippen molar-refractivity contribution in [3.8, 4) is 0 Å². The number of hydrogen-bond donors (Lipinski definition) is 1. The number of halogens is 1. The van der Waals surface area contributed by atoms with Crippen LogP contribution in [-0.2, 0) is 4.79 Å². The van der Waals surface area contributed by atoms with E-state index in [9.17, 15) is 4.79 Å². The summed E-state index contributed by atoms with van der Waals surface area (Å²) in [7, 11) is 0. The van der Waals surface area contributed by atoms with Gasteiger partial charge >= 0.3 is 0 Å². The molecule has 0 saturated carbocycles. The molecule has 1 N–H and O–H groups in total. The van der Waals surface area contributed by atoms with Gasteiger partial charge in [0.25, 0.3) is 5.91 Å². The van der Waals surface area contributed by atoms with Crippen LogP contribution >= 0.6 is 15.9 Å². The fourth-order valence-corrected chi connectivity index (χ4v) is 2.24. The largest absolute Gasteiger partial charge is 0.278 e. The summed E-state index contributed by atoms with van der Waals surface area (Å²) in [6.07, 6.45) is 0.283. The molecule has 1 fully saturated rings. The average molecular weight is 330 g/mol. The van der Waals surface area contributed by atoms with E-state index in [1.165, 1.54) is 5.01 Å². The van der Waals surface area contributed by atoms with Gasteiger partial charge < -0.3 is 0 Å². The molecule has 0 unspecified atom stereocenters. The fourth-order valence-electron chi connectivity index (χ4n) is 1.97. The summed E-state index contributed by atoms with van der Waals surface area (Å²) in [6.45, 7) is 0. The summed E-state index contributed by atoms with van der Waals surface area (Å²) in [6, 6.07) is 17.1. The highest BCUT2D eigenvalue weighted by Gasteiger charge is 2.26. The van der Waals surface area contributed by atoms with Gasteiger partial charge in [-0.25, -0.2) is 10.0 Å². The van der Waals surface area contributed by atoms with Crippen LogP contribution in [0.25, 0.3) is 0 Å². The second-order valence-corrected chi connectivity index (χ2v) is 5.30. The number of hydrazine groups is 1. The molecule has 0 aromatic heterocycles. The van der Waals surface area contributed by atoms with Gasteiger partial charge in [0.2, 0.25) is 0 Å². The Kier molecular flexibility index (Phi) is 3.52. The quantitative estimate of drug-likeness (QED) is 0.917. The molecule has 20 heavy (non-hydrogen) atoms. The molecule has 1 aliphatic heterocycles. The van der Waals surface area contributed by atoms with Gasteiger partial charge in [-0.3, -0.25) is 10.2 Å². The van der Waals surface area contributed by atoms with Crippen molar-refractivity contribution in [3.05, 3.63) is 59.1 Å². The van der Waals surface area contributed by atoms with Crippen LogP contribution in [0.2, 0.25) is 0 Å². The Morgan fingerprint density at radius 1 is 1.05 bits per heavy atom. The number of anilines is 1. The SMILES string of the molecule is O=C1CC(=Nc2ccc(Br)cc2)NN1c1ccccc1. The third-order valence-corrected chi connectivity index (χ3v) is 3.44. The van der Waals surface area contributed by atoms with E-state index < -0.39 is 0 Å². The maximum absolute atomic E-state index is 12.0. The Labute approximate surface area is 125 Å². The number of amides is 1. The molecule has 1 aliphatic rings. The number of aliphatic imine (C=N–C) groups is 1. The molecular weight excluding hydrogens is 318 g/mol. The van der Waals surface area contributed by atoms with Crippen molar-refractivity contribution in [2.24, 2.45) is 4.99 Å². The van der Waals surface area contributed by atoms with E-state index in [1.54, 1.807) is 0 Å². The first-order valence-electron chi connectivity index (χ1n) is 6.20. The Hall–Kier alpha value is -2.14. The molecule has 0 spiro atoms. The van der Waals surface area contributed by atoms with Gasteiger partial charge in [-0.2, -0.15) is 0 Å². The van der Waals surface area contributed by atoms with E-state index in [1.807, 2.05) is 54.6 Å². The molecule has 1 saturated heterocycles. The molecule has 2 aromatic rings. The van der Waals surface area contributed by atoms with Crippen LogP contribution in [0.3, 0.4) is 0 Å². The maximum Gasteiger partial charge on any atom is 0.253 e. The summed E-state index contributed by atoms with van der Waals surface area (Å²) >= 11 is 3.38. The van der Waals surface area contributed by atoms with E-state index in [2.05, 4.69) is 26.3 Å². The lowest BCUT2D eigenvalue weighted by Crippen LogP contribution is -2.35. The summed E-state index contributed by atoms with van der Waals surface area (Å²) in [5, 5.41) is 1.53. The van der Waals surface area contributed by atoms with Crippen LogP contribution in [0.5, 0.6) is 0 Å². The number of carbonyl (C=O) groups is 1. The minimum Gasteiger partial charge on any atom is -0.278 e. The highest BCUT2D eigenvalue weighted by atomic mass is 79.9. The average Bonchev–Trinajstić information content (AvgIpc) is 2.83. The van der Waals surface area contributed by atoms with E-state index >= 15 is 0 Å². The van der Waals surface area contributed by atoms with E-state index in [-0.39, 0.29) is 12.3 Å². The zero-order valence-corrected chi connectivity index (χ0v) is 12.2. The first-order valence-corrected chi connectivity index (χ1v) is 6.99. The summed E-state index contributed by atoms with van der Waals surface area (Å²) in [4.78, 5) is 16.5. The van der Waals surface area contributed by atoms with Crippen molar-refractivity contribution in [3.63, 3.8) is 0 Å². The molecule has 1 amide bonds. The van der Waals surface area contributed by atoms with Crippen LogP contribution < -0.4 is 10.4 Å². The highest BCUT2D eigenvalue weighted by molar-refractivity contribution is 9.10. The Morgan fingerprint density at radius 2 is 1.75 bits per heavy atom. The molecule has 1 heterocycles. The number of amidine groups is 1. The lowest BCUT2D eigenvalue weighted by molar-refractivity contribution is -0.116. The predicted octanol–water partition coefficient (Wildman–Crippen LogP) is 3.42.